The number of methoxy groups -OCH3 is 1. The molecule has 4 rings (SSSR count). The Balaban J connectivity index is 1.76. The summed E-state index contributed by atoms with van der Waals surface area (Å²) in [5.74, 6) is 1.82. The lowest BCUT2D eigenvalue weighted by Crippen LogP contribution is -2.27. The third-order valence-corrected chi connectivity index (χ3v) is 5.19. The highest BCUT2D eigenvalue weighted by Crippen LogP contribution is 2.32. The Morgan fingerprint density at radius 2 is 1.91 bits per heavy atom. The number of rotatable bonds is 8. The van der Waals surface area contributed by atoms with Crippen molar-refractivity contribution in [2.45, 2.75) is 39.0 Å². The molecule has 168 valence electrons. The van der Waals surface area contributed by atoms with Gasteiger partial charge in [0.2, 0.25) is 0 Å². The van der Waals surface area contributed by atoms with Crippen LogP contribution in [0.5, 0.6) is 5.75 Å². The second kappa shape index (κ2) is 8.64. The molecule has 8 heteroatoms. The molecular formula is C24H29N5O3. The van der Waals surface area contributed by atoms with Crippen LogP contribution in [-0.2, 0) is 24.3 Å². The van der Waals surface area contributed by atoms with Gasteiger partial charge in [-0.15, -0.1) is 0 Å². The molecule has 2 aromatic heterocycles. The first-order chi connectivity index (χ1) is 15.2. The second-order valence-corrected chi connectivity index (χ2v) is 8.58. The van der Waals surface area contributed by atoms with Crippen LogP contribution in [0.25, 0.3) is 21.9 Å². The van der Waals surface area contributed by atoms with Crippen LogP contribution in [0.15, 0.2) is 42.5 Å². The average Bonchev–Trinajstić information content (AvgIpc) is 3.08. The third-order valence-electron chi connectivity index (χ3n) is 5.19. The fraction of sp³-hybridized carbons (Fsp3) is 0.333. The van der Waals surface area contributed by atoms with Crippen molar-refractivity contribution >= 4 is 33.4 Å². The summed E-state index contributed by atoms with van der Waals surface area (Å²) >= 11 is 0. The van der Waals surface area contributed by atoms with Gasteiger partial charge in [0.15, 0.2) is 5.82 Å². The lowest BCUT2D eigenvalue weighted by atomic mass is 10.1. The Bertz CT molecular complexity index is 1260. The van der Waals surface area contributed by atoms with E-state index < -0.39 is 5.60 Å². The van der Waals surface area contributed by atoms with Gasteiger partial charge in [-0.2, -0.15) is 0 Å². The quantitative estimate of drug-likeness (QED) is 0.363. The maximum atomic E-state index is 10.5. The number of nitrogens with zero attached hydrogens (tertiary/aromatic N) is 3. The van der Waals surface area contributed by atoms with Gasteiger partial charge < -0.3 is 30.6 Å². The van der Waals surface area contributed by atoms with Crippen molar-refractivity contribution in [3.05, 3.63) is 53.9 Å². The summed E-state index contributed by atoms with van der Waals surface area (Å²) < 4.78 is 13.2. The van der Waals surface area contributed by atoms with E-state index >= 15 is 0 Å². The summed E-state index contributed by atoms with van der Waals surface area (Å²) in [7, 11) is 1.65. The number of ether oxygens (including phenoxy) is 2. The number of pyridine rings is 1. The molecular weight excluding hydrogens is 406 g/mol. The minimum absolute atomic E-state index is 0.341. The van der Waals surface area contributed by atoms with Crippen molar-refractivity contribution in [2.75, 3.05) is 25.2 Å². The minimum atomic E-state index is -0.930. The number of hydrogen-bond donors (Lipinski definition) is 3. The van der Waals surface area contributed by atoms with Crippen LogP contribution >= 0.6 is 0 Å². The van der Waals surface area contributed by atoms with Gasteiger partial charge in [-0.1, -0.05) is 12.1 Å². The number of benzene rings is 2. The highest BCUT2D eigenvalue weighted by molar-refractivity contribution is 6.07. The predicted octanol–water partition coefficient (Wildman–Crippen LogP) is 3.29. The first-order valence-corrected chi connectivity index (χ1v) is 10.5. The number of hydrogen-bond acceptors (Lipinski definition) is 7. The van der Waals surface area contributed by atoms with Crippen molar-refractivity contribution in [3.63, 3.8) is 0 Å². The lowest BCUT2D eigenvalue weighted by Gasteiger charge is -2.20. The molecule has 5 N–H and O–H groups in total. The molecule has 0 aliphatic rings. The Morgan fingerprint density at radius 1 is 1.09 bits per heavy atom. The predicted molar refractivity (Wildman–Crippen MR) is 127 cm³/mol. The van der Waals surface area contributed by atoms with E-state index in [4.69, 9.17) is 25.9 Å². The second-order valence-electron chi connectivity index (χ2n) is 8.58. The summed E-state index contributed by atoms with van der Waals surface area (Å²) in [4.78, 5) is 9.30. The van der Waals surface area contributed by atoms with E-state index in [0.29, 0.717) is 54.5 Å². The SMILES string of the molecule is COCCc1nc2c(N)nc3cc(OCc4cccc(N)c4)ccc3c2n1CC(C)(C)O. The number of nitrogen functional groups attached to an aromatic ring is 2. The molecule has 2 aromatic carbocycles. The summed E-state index contributed by atoms with van der Waals surface area (Å²) in [6, 6.07) is 13.3. The maximum Gasteiger partial charge on any atom is 0.152 e. The van der Waals surface area contributed by atoms with E-state index in [1.807, 2.05) is 47.0 Å². The van der Waals surface area contributed by atoms with Gasteiger partial charge in [-0.25, -0.2) is 9.97 Å². The Kier molecular flexibility index (Phi) is 5.90. The highest BCUT2D eigenvalue weighted by Gasteiger charge is 2.22. The van der Waals surface area contributed by atoms with Gasteiger partial charge in [-0.3, -0.25) is 0 Å². The molecule has 0 atom stereocenters. The summed E-state index contributed by atoms with van der Waals surface area (Å²) in [5, 5.41) is 11.4. The van der Waals surface area contributed by atoms with Crippen molar-refractivity contribution in [1.82, 2.24) is 14.5 Å². The summed E-state index contributed by atoms with van der Waals surface area (Å²) in [6.45, 7) is 4.82. The lowest BCUT2D eigenvalue weighted by molar-refractivity contribution is 0.0615. The molecule has 0 amide bonds. The zero-order chi connectivity index (χ0) is 22.9. The molecule has 0 aliphatic carbocycles. The van der Waals surface area contributed by atoms with E-state index in [1.54, 1.807) is 21.0 Å². The first-order valence-electron chi connectivity index (χ1n) is 10.5. The Labute approximate surface area is 186 Å². The van der Waals surface area contributed by atoms with Gasteiger partial charge in [0.05, 0.1) is 29.8 Å². The Morgan fingerprint density at radius 3 is 2.62 bits per heavy atom. The molecule has 8 nitrogen and oxygen atoms in total. The van der Waals surface area contributed by atoms with Crippen LogP contribution in [0.2, 0.25) is 0 Å². The smallest absolute Gasteiger partial charge is 0.152 e. The number of fused-ring (bicyclic) bond motifs is 3. The van der Waals surface area contributed by atoms with Gasteiger partial charge >= 0.3 is 0 Å². The van der Waals surface area contributed by atoms with Crippen LogP contribution in [-0.4, -0.2) is 39.0 Å². The molecule has 0 bridgehead atoms. The normalized spacial score (nSPS) is 12.0. The van der Waals surface area contributed by atoms with Gasteiger partial charge in [-0.05, 0) is 43.7 Å². The molecule has 4 aromatic rings. The molecule has 0 radical (unpaired) electrons. The van der Waals surface area contributed by atoms with Crippen LogP contribution in [0.3, 0.4) is 0 Å². The molecule has 2 heterocycles. The van der Waals surface area contributed by atoms with E-state index in [-0.39, 0.29) is 0 Å². The fourth-order valence-electron chi connectivity index (χ4n) is 3.82. The average molecular weight is 436 g/mol. The number of aromatic nitrogens is 3. The zero-order valence-electron chi connectivity index (χ0n) is 18.6. The van der Waals surface area contributed by atoms with Crippen molar-refractivity contribution in [3.8, 4) is 5.75 Å². The van der Waals surface area contributed by atoms with Crippen molar-refractivity contribution < 1.29 is 14.6 Å². The number of nitrogens with two attached hydrogens (primary N) is 2. The van der Waals surface area contributed by atoms with Crippen molar-refractivity contribution in [2.24, 2.45) is 0 Å². The molecule has 32 heavy (non-hydrogen) atoms. The van der Waals surface area contributed by atoms with E-state index in [2.05, 4.69) is 4.98 Å². The molecule has 0 unspecified atom stereocenters. The monoisotopic (exact) mass is 435 g/mol. The highest BCUT2D eigenvalue weighted by atomic mass is 16.5. The van der Waals surface area contributed by atoms with Crippen LogP contribution in [0.1, 0.15) is 25.2 Å². The molecule has 0 spiro atoms. The van der Waals surface area contributed by atoms with Gasteiger partial charge in [0.1, 0.15) is 23.7 Å². The first kappa shape index (κ1) is 21.9. The summed E-state index contributed by atoms with van der Waals surface area (Å²) in [6.07, 6.45) is 0.601. The number of imidazole rings is 1. The van der Waals surface area contributed by atoms with Crippen LogP contribution in [0.4, 0.5) is 11.5 Å². The topological polar surface area (TPSA) is 121 Å². The molecule has 0 saturated heterocycles. The number of aliphatic hydroxyl groups is 1. The maximum absolute atomic E-state index is 10.5. The largest absolute Gasteiger partial charge is 0.489 e. The van der Waals surface area contributed by atoms with E-state index in [0.717, 1.165) is 22.3 Å². The molecule has 0 aliphatic heterocycles. The summed E-state index contributed by atoms with van der Waals surface area (Å²) in [5.41, 5.74) is 15.1. The Hall–Kier alpha value is -3.36. The van der Waals surface area contributed by atoms with Crippen LogP contribution in [0, 0.1) is 0 Å². The molecule has 0 saturated carbocycles. The minimum Gasteiger partial charge on any atom is -0.489 e. The van der Waals surface area contributed by atoms with E-state index in [9.17, 15) is 5.11 Å². The van der Waals surface area contributed by atoms with Crippen LogP contribution < -0.4 is 16.2 Å². The van der Waals surface area contributed by atoms with Gasteiger partial charge in [0.25, 0.3) is 0 Å². The van der Waals surface area contributed by atoms with Crippen molar-refractivity contribution in [1.29, 1.82) is 0 Å². The molecule has 0 fully saturated rings. The van der Waals surface area contributed by atoms with Gasteiger partial charge in [0, 0.05) is 30.7 Å². The standard InChI is InChI=1S/C24H29N5O3/c1-24(2,30)14-29-20(9-10-31-3)28-21-22(29)18-8-7-17(12-19(18)27-23(21)26)32-13-15-5-4-6-16(25)11-15/h4-8,11-12,30H,9-10,13-14,25H2,1-3H3,(H2,26,27). The number of anilines is 2. The van der Waals surface area contributed by atoms with E-state index in [1.165, 1.54) is 0 Å². The third kappa shape index (κ3) is 4.61. The fourth-order valence-corrected chi connectivity index (χ4v) is 3.82. The zero-order valence-corrected chi connectivity index (χ0v) is 18.6.